The summed E-state index contributed by atoms with van der Waals surface area (Å²) in [6, 6.07) is 13.2. The van der Waals surface area contributed by atoms with E-state index in [9.17, 15) is 14.9 Å². The average molecular weight is 382 g/mol. The van der Waals surface area contributed by atoms with Crippen molar-refractivity contribution < 1.29 is 9.72 Å². The summed E-state index contributed by atoms with van der Waals surface area (Å²) in [7, 11) is 0. The first kappa shape index (κ1) is 20.0. The Balaban J connectivity index is 1.52. The van der Waals surface area contributed by atoms with Gasteiger partial charge in [0.2, 0.25) is 5.91 Å². The minimum atomic E-state index is -0.465. The van der Waals surface area contributed by atoms with Crippen molar-refractivity contribution in [1.29, 1.82) is 0 Å². The summed E-state index contributed by atoms with van der Waals surface area (Å²) in [6.45, 7) is 8.43. The summed E-state index contributed by atoms with van der Waals surface area (Å²) in [4.78, 5) is 27.6. The van der Waals surface area contributed by atoms with Gasteiger partial charge >= 0.3 is 0 Å². The summed E-state index contributed by atoms with van der Waals surface area (Å²) in [5.41, 5.74) is 3.53. The molecule has 1 saturated heterocycles. The average Bonchev–Trinajstić information content (AvgIpc) is 2.66. The van der Waals surface area contributed by atoms with Crippen molar-refractivity contribution in [2.75, 3.05) is 38.0 Å². The quantitative estimate of drug-likeness (QED) is 0.614. The molecule has 3 rings (SSSR count). The maximum absolute atomic E-state index is 12.4. The van der Waals surface area contributed by atoms with E-state index in [0.29, 0.717) is 5.56 Å². The molecule has 0 saturated carbocycles. The fraction of sp³-hybridized carbons (Fsp3) is 0.381. The summed E-state index contributed by atoms with van der Waals surface area (Å²) in [5, 5.41) is 13.9. The van der Waals surface area contributed by atoms with Gasteiger partial charge in [0, 0.05) is 38.8 Å². The van der Waals surface area contributed by atoms with Crippen LogP contribution in [0.1, 0.15) is 16.7 Å². The number of amides is 1. The van der Waals surface area contributed by atoms with Gasteiger partial charge in [-0.25, -0.2) is 0 Å². The highest BCUT2D eigenvalue weighted by atomic mass is 16.6. The van der Waals surface area contributed by atoms with Crippen LogP contribution in [-0.2, 0) is 11.3 Å². The van der Waals surface area contributed by atoms with E-state index in [-0.39, 0.29) is 23.8 Å². The van der Waals surface area contributed by atoms with Crippen LogP contribution >= 0.6 is 0 Å². The summed E-state index contributed by atoms with van der Waals surface area (Å²) < 4.78 is 0. The van der Waals surface area contributed by atoms with Crippen molar-refractivity contribution in [2.45, 2.75) is 20.4 Å². The topological polar surface area (TPSA) is 78.7 Å². The minimum absolute atomic E-state index is 0.0728. The van der Waals surface area contributed by atoms with Gasteiger partial charge in [-0.05, 0) is 30.5 Å². The lowest BCUT2D eigenvalue weighted by Crippen LogP contribution is -2.48. The van der Waals surface area contributed by atoms with Gasteiger partial charge in [0.25, 0.3) is 5.69 Å². The molecule has 1 fully saturated rings. The van der Waals surface area contributed by atoms with E-state index < -0.39 is 4.92 Å². The Morgan fingerprint density at radius 1 is 1.00 bits per heavy atom. The zero-order valence-corrected chi connectivity index (χ0v) is 16.4. The molecule has 0 aromatic heterocycles. The molecule has 7 heteroatoms. The highest BCUT2D eigenvalue weighted by Crippen LogP contribution is 2.27. The number of nitro benzene ring substituents is 1. The maximum Gasteiger partial charge on any atom is 0.293 e. The van der Waals surface area contributed by atoms with Crippen molar-refractivity contribution in [3.05, 3.63) is 69.3 Å². The Morgan fingerprint density at radius 3 is 2.32 bits per heavy atom. The predicted octanol–water partition coefficient (Wildman–Crippen LogP) is 2.97. The largest absolute Gasteiger partial charge is 0.319 e. The minimum Gasteiger partial charge on any atom is -0.319 e. The molecule has 1 N–H and O–H groups in total. The SMILES string of the molecule is Cc1ccccc1CN1CCN(CC(=O)Nc2c(C)cccc2[N+](=O)[O-])CC1. The normalized spacial score (nSPS) is 15.4. The number of aryl methyl sites for hydroxylation is 2. The van der Waals surface area contributed by atoms with E-state index in [0.717, 1.165) is 32.7 Å². The molecule has 7 nitrogen and oxygen atoms in total. The molecule has 2 aromatic rings. The fourth-order valence-electron chi connectivity index (χ4n) is 3.48. The van der Waals surface area contributed by atoms with Gasteiger partial charge in [0.15, 0.2) is 0 Å². The van der Waals surface area contributed by atoms with Crippen LogP contribution in [0.2, 0.25) is 0 Å². The number of nitro groups is 1. The number of piperazine rings is 1. The van der Waals surface area contributed by atoms with Gasteiger partial charge < -0.3 is 5.32 Å². The molecule has 1 aliphatic heterocycles. The van der Waals surface area contributed by atoms with Crippen molar-refractivity contribution in [1.82, 2.24) is 9.80 Å². The molecule has 0 spiro atoms. The number of benzene rings is 2. The van der Waals surface area contributed by atoms with E-state index in [4.69, 9.17) is 0 Å². The Morgan fingerprint density at radius 2 is 1.64 bits per heavy atom. The predicted molar refractivity (Wildman–Crippen MR) is 109 cm³/mol. The van der Waals surface area contributed by atoms with Gasteiger partial charge in [-0.1, -0.05) is 36.4 Å². The number of hydrogen-bond acceptors (Lipinski definition) is 5. The summed E-state index contributed by atoms with van der Waals surface area (Å²) >= 11 is 0. The van der Waals surface area contributed by atoms with E-state index in [1.165, 1.54) is 17.2 Å². The third-order valence-electron chi connectivity index (χ3n) is 5.20. The van der Waals surface area contributed by atoms with Gasteiger partial charge in [0.1, 0.15) is 5.69 Å². The van der Waals surface area contributed by atoms with Gasteiger partial charge in [0.05, 0.1) is 11.5 Å². The van der Waals surface area contributed by atoms with Crippen LogP contribution in [0.15, 0.2) is 42.5 Å². The van der Waals surface area contributed by atoms with E-state index in [1.807, 2.05) is 6.07 Å². The summed E-state index contributed by atoms with van der Waals surface area (Å²) in [5.74, 6) is -0.218. The molecule has 148 valence electrons. The van der Waals surface area contributed by atoms with Gasteiger partial charge in [-0.15, -0.1) is 0 Å². The standard InChI is InChI=1S/C21H26N4O3/c1-16-6-3-4-8-18(16)14-23-10-12-24(13-11-23)15-20(26)22-21-17(2)7-5-9-19(21)25(27)28/h3-9H,10-15H2,1-2H3,(H,22,26). The van der Waals surface area contributed by atoms with E-state index >= 15 is 0 Å². The number of rotatable bonds is 6. The van der Waals surface area contributed by atoms with E-state index in [1.54, 1.807) is 19.1 Å². The molecule has 0 radical (unpaired) electrons. The van der Waals surface area contributed by atoms with Crippen molar-refractivity contribution in [2.24, 2.45) is 0 Å². The molecular formula is C21H26N4O3. The number of hydrogen-bond donors (Lipinski definition) is 1. The Kier molecular flexibility index (Phi) is 6.38. The second-order valence-electron chi connectivity index (χ2n) is 7.25. The molecule has 1 aliphatic rings. The zero-order valence-electron chi connectivity index (χ0n) is 16.4. The second-order valence-corrected chi connectivity index (χ2v) is 7.25. The van der Waals surface area contributed by atoms with Crippen LogP contribution in [0.3, 0.4) is 0 Å². The Labute approximate surface area is 165 Å². The van der Waals surface area contributed by atoms with Crippen LogP contribution in [0, 0.1) is 24.0 Å². The number of nitrogens with one attached hydrogen (secondary N) is 1. The monoisotopic (exact) mass is 382 g/mol. The molecule has 1 amide bonds. The first-order chi connectivity index (χ1) is 13.4. The molecule has 0 unspecified atom stereocenters. The molecule has 1 heterocycles. The lowest BCUT2D eigenvalue weighted by molar-refractivity contribution is -0.384. The highest BCUT2D eigenvalue weighted by Gasteiger charge is 2.22. The number of para-hydroxylation sites is 1. The third kappa shape index (κ3) is 4.94. The second kappa shape index (κ2) is 8.95. The molecule has 0 bridgehead atoms. The first-order valence-corrected chi connectivity index (χ1v) is 9.47. The number of carbonyl (C=O) groups excluding carboxylic acids is 1. The third-order valence-corrected chi connectivity index (χ3v) is 5.20. The molecule has 0 aliphatic carbocycles. The lowest BCUT2D eigenvalue weighted by Gasteiger charge is -2.34. The van der Waals surface area contributed by atoms with Crippen LogP contribution in [-0.4, -0.2) is 53.4 Å². The van der Waals surface area contributed by atoms with Crippen molar-refractivity contribution in [3.8, 4) is 0 Å². The lowest BCUT2D eigenvalue weighted by atomic mass is 10.1. The molecular weight excluding hydrogens is 356 g/mol. The number of anilines is 1. The van der Waals surface area contributed by atoms with Crippen molar-refractivity contribution in [3.63, 3.8) is 0 Å². The Bertz CT molecular complexity index is 860. The van der Waals surface area contributed by atoms with Gasteiger partial charge in [-0.3, -0.25) is 24.7 Å². The van der Waals surface area contributed by atoms with Gasteiger partial charge in [-0.2, -0.15) is 0 Å². The Hall–Kier alpha value is -2.77. The number of carbonyl (C=O) groups is 1. The zero-order chi connectivity index (χ0) is 20.1. The van der Waals surface area contributed by atoms with Crippen LogP contribution in [0.4, 0.5) is 11.4 Å². The molecule has 0 atom stereocenters. The van der Waals surface area contributed by atoms with E-state index in [2.05, 4.69) is 40.2 Å². The van der Waals surface area contributed by atoms with Crippen LogP contribution in [0.5, 0.6) is 0 Å². The number of nitrogens with zero attached hydrogens (tertiary/aromatic N) is 3. The summed E-state index contributed by atoms with van der Waals surface area (Å²) in [6.07, 6.45) is 0. The highest BCUT2D eigenvalue weighted by molar-refractivity contribution is 5.95. The van der Waals surface area contributed by atoms with Crippen LogP contribution < -0.4 is 5.32 Å². The fourth-order valence-corrected chi connectivity index (χ4v) is 3.48. The first-order valence-electron chi connectivity index (χ1n) is 9.47. The maximum atomic E-state index is 12.4. The smallest absolute Gasteiger partial charge is 0.293 e. The van der Waals surface area contributed by atoms with Crippen molar-refractivity contribution >= 4 is 17.3 Å². The molecule has 28 heavy (non-hydrogen) atoms. The molecule has 2 aromatic carbocycles. The van der Waals surface area contributed by atoms with Crippen LogP contribution in [0.25, 0.3) is 0 Å².